The van der Waals surface area contributed by atoms with Crippen LogP contribution in [-0.2, 0) is 10.5 Å². The molecular formula is C14H23N3OS. The van der Waals surface area contributed by atoms with Crippen molar-refractivity contribution in [2.45, 2.75) is 12.7 Å². The molecule has 0 spiro atoms. The van der Waals surface area contributed by atoms with Gasteiger partial charge >= 0.3 is 0 Å². The monoisotopic (exact) mass is 281 g/mol. The lowest BCUT2D eigenvalue weighted by Crippen LogP contribution is -2.33. The van der Waals surface area contributed by atoms with E-state index in [1.54, 1.807) is 7.11 Å². The summed E-state index contributed by atoms with van der Waals surface area (Å²) in [6.07, 6.45) is 0. The lowest BCUT2D eigenvalue weighted by atomic mass is 10.2. The molecule has 0 saturated heterocycles. The van der Waals surface area contributed by atoms with E-state index in [1.165, 1.54) is 11.1 Å². The highest BCUT2D eigenvalue weighted by Gasteiger charge is 1.95. The molecule has 0 amide bonds. The SMILES string of the molecule is COCCN=C(N)NCCSCc1ccc(C)cc1. The average Bonchev–Trinajstić information content (AvgIpc) is 2.41. The third-order valence-electron chi connectivity index (χ3n) is 2.52. The molecule has 3 N–H and O–H groups in total. The second kappa shape index (κ2) is 9.69. The van der Waals surface area contributed by atoms with Crippen LogP contribution in [0.15, 0.2) is 29.3 Å². The van der Waals surface area contributed by atoms with Crippen LogP contribution in [0.4, 0.5) is 0 Å². The number of ether oxygens (including phenoxy) is 1. The van der Waals surface area contributed by atoms with Crippen LogP contribution in [0.3, 0.4) is 0 Å². The summed E-state index contributed by atoms with van der Waals surface area (Å²) in [6.45, 7) is 4.14. The summed E-state index contributed by atoms with van der Waals surface area (Å²) in [5, 5.41) is 3.09. The molecule has 19 heavy (non-hydrogen) atoms. The van der Waals surface area contributed by atoms with Gasteiger partial charge in [0.1, 0.15) is 0 Å². The number of nitrogens with zero attached hydrogens (tertiary/aromatic N) is 1. The summed E-state index contributed by atoms with van der Waals surface area (Å²) >= 11 is 1.88. The van der Waals surface area contributed by atoms with Gasteiger partial charge in [-0.3, -0.25) is 4.99 Å². The predicted molar refractivity (Wildman–Crippen MR) is 83.7 cm³/mol. The Morgan fingerprint density at radius 3 is 2.79 bits per heavy atom. The third kappa shape index (κ3) is 7.74. The first kappa shape index (κ1) is 15.9. The van der Waals surface area contributed by atoms with Crippen molar-refractivity contribution in [3.05, 3.63) is 35.4 Å². The number of nitrogens with two attached hydrogens (primary N) is 1. The topological polar surface area (TPSA) is 59.6 Å². The Balaban J connectivity index is 2.07. The van der Waals surface area contributed by atoms with E-state index in [-0.39, 0.29) is 0 Å². The first-order valence-corrected chi connectivity index (χ1v) is 7.54. The van der Waals surface area contributed by atoms with E-state index in [4.69, 9.17) is 10.5 Å². The van der Waals surface area contributed by atoms with Crippen molar-refractivity contribution in [3.63, 3.8) is 0 Å². The van der Waals surface area contributed by atoms with Crippen molar-refractivity contribution >= 4 is 17.7 Å². The third-order valence-corrected chi connectivity index (χ3v) is 3.55. The summed E-state index contributed by atoms with van der Waals surface area (Å²) in [5.74, 6) is 2.53. The molecule has 1 aromatic rings. The van der Waals surface area contributed by atoms with Crippen LogP contribution in [0.5, 0.6) is 0 Å². The van der Waals surface area contributed by atoms with Gasteiger partial charge < -0.3 is 15.8 Å². The molecule has 106 valence electrons. The normalized spacial score (nSPS) is 11.6. The minimum absolute atomic E-state index is 0.494. The number of methoxy groups -OCH3 is 1. The number of benzene rings is 1. The van der Waals surface area contributed by atoms with Crippen molar-refractivity contribution in [2.24, 2.45) is 10.7 Å². The molecule has 1 aromatic carbocycles. The minimum atomic E-state index is 0.494. The van der Waals surface area contributed by atoms with Crippen LogP contribution in [0.1, 0.15) is 11.1 Å². The van der Waals surface area contributed by atoms with Gasteiger partial charge in [0, 0.05) is 25.2 Å². The smallest absolute Gasteiger partial charge is 0.188 e. The Bertz CT molecular complexity index is 379. The highest BCUT2D eigenvalue weighted by molar-refractivity contribution is 7.98. The molecule has 5 heteroatoms. The lowest BCUT2D eigenvalue weighted by molar-refractivity contribution is 0.208. The van der Waals surface area contributed by atoms with Gasteiger partial charge in [-0.2, -0.15) is 11.8 Å². The highest BCUT2D eigenvalue weighted by atomic mass is 32.2. The molecule has 4 nitrogen and oxygen atoms in total. The van der Waals surface area contributed by atoms with Crippen molar-refractivity contribution in [1.82, 2.24) is 5.32 Å². The van der Waals surface area contributed by atoms with Crippen LogP contribution in [0.25, 0.3) is 0 Å². The fraction of sp³-hybridized carbons (Fsp3) is 0.500. The number of aliphatic imine (C=N–C) groups is 1. The van der Waals surface area contributed by atoms with Gasteiger partial charge in [-0.25, -0.2) is 0 Å². The standard InChI is InChI=1S/C14H23N3OS/c1-12-3-5-13(6-4-12)11-19-10-8-17-14(15)16-7-9-18-2/h3-6H,7-11H2,1-2H3,(H3,15,16,17). The molecule has 0 atom stereocenters. The molecule has 0 aliphatic heterocycles. The van der Waals surface area contributed by atoms with Gasteiger partial charge in [0.25, 0.3) is 0 Å². The number of hydrogen-bond donors (Lipinski definition) is 2. The van der Waals surface area contributed by atoms with Crippen LogP contribution in [0, 0.1) is 6.92 Å². The van der Waals surface area contributed by atoms with Crippen molar-refractivity contribution in [2.75, 3.05) is 32.6 Å². The molecular weight excluding hydrogens is 258 g/mol. The number of thioether (sulfide) groups is 1. The molecule has 0 bridgehead atoms. The van der Waals surface area contributed by atoms with Crippen LogP contribution >= 0.6 is 11.8 Å². The van der Waals surface area contributed by atoms with E-state index in [1.807, 2.05) is 11.8 Å². The second-order valence-corrected chi connectivity index (χ2v) is 5.33. The summed E-state index contributed by atoms with van der Waals surface area (Å²) in [5.41, 5.74) is 8.36. The Labute approximate surface area is 119 Å². The zero-order valence-corrected chi connectivity index (χ0v) is 12.5. The zero-order chi connectivity index (χ0) is 13.9. The summed E-state index contributed by atoms with van der Waals surface area (Å²) in [4.78, 5) is 4.13. The van der Waals surface area contributed by atoms with Gasteiger partial charge in [-0.05, 0) is 12.5 Å². The minimum Gasteiger partial charge on any atom is -0.383 e. The van der Waals surface area contributed by atoms with Crippen molar-refractivity contribution in [3.8, 4) is 0 Å². The zero-order valence-electron chi connectivity index (χ0n) is 11.7. The highest BCUT2D eigenvalue weighted by Crippen LogP contribution is 2.12. The van der Waals surface area contributed by atoms with E-state index in [2.05, 4.69) is 41.5 Å². The van der Waals surface area contributed by atoms with E-state index < -0.39 is 0 Å². The van der Waals surface area contributed by atoms with Crippen molar-refractivity contribution in [1.29, 1.82) is 0 Å². The number of aryl methyl sites for hydroxylation is 1. The molecule has 0 unspecified atom stereocenters. The molecule has 0 aromatic heterocycles. The summed E-state index contributed by atoms with van der Waals surface area (Å²) < 4.78 is 4.90. The Morgan fingerprint density at radius 1 is 1.37 bits per heavy atom. The van der Waals surface area contributed by atoms with E-state index in [9.17, 15) is 0 Å². The van der Waals surface area contributed by atoms with Crippen LogP contribution in [0.2, 0.25) is 0 Å². The second-order valence-electron chi connectivity index (χ2n) is 4.22. The molecule has 0 radical (unpaired) electrons. The Kier molecular flexibility index (Phi) is 8.09. The van der Waals surface area contributed by atoms with Gasteiger partial charge in [0.2, 0.25) is 0 Å². The van der Waals surface area contributed by atoms with Crippen molar-refractivity contribution < 1.29 is 4.74 Å². The van der Waals surface area contributed by atoms with Gasteiger partial charge in [0.05, 0.1) is 13.2 Å². The summed E-state index contributed by atoms with van der Waals surface area (Å²) in [7, 11) is 1.65. The molecule has 0 fully saturated rings. The maximum atomic E-state index is 5.70. The van der Waals surface area contributed by atoms with Crippen LogP contribution < -0.4 is 11.1 Å². The Morgan fingerprint density at radius 2 is 2.11 bits per heavy atom. The summed E-state index contributed by atoms with van der Waals surface area (Å²) in [6, 6.07) is 8.65. The first-order valence-electron chi connectivity index (χ1n) is 6.38. The Hall–Kier alpha value is -1.20. The maximum absolute atomic E-state index is 5.70. The molecule has 1 rings (SSSR count). The first-order chi connectivity index (χ1) is 9.22. The molecule has 0 heterocycles. The largest absolute Gasteiger partial charge is 0.383 e. The number of guanidine groups is 1. The fourth-order valence-corrected chi connectivity index (χ4v) is 2.26. The van der Waals surface area contributed by atoms with Crippen LogP contribution in [-0.4, -0.2) is 38.5 Å². The van der Waals surface area contributed by atoms with E-state index >= 15 is 0 Å². The van der Waals surface area contributed by atoms with Gasteiger partial charge in [0.15, 0.2) is 5.96 Å². The molecule has 0 aliphatic carbocycles. The predicted octanol–water partition coefficient (Wildman–Crippen LogP) is 1.78. The average molecular weight is 281 g/mol. The van der Waals surface area contributed by atoms with Gasteiger partial charge in [-0.1, -0.05) is 29.8 Å². The van der Waals surface area contributed by atoms with Gasteiger partial charge in [-0.15, -0.1) is 0 Å². The number of hydrogen-bond acceptors (Lipinski definition) is 3. The lowest BCUT2D eigenvalue weighted by Gasteiger charge is -2.06. The quantitative estimate of drug-likeness (QED) is 0.433. The number of rotatable bonds is 8. The number of nitrogens with one attached hydrogen (secondary N) is 1. The van der Waals surface area contributed by atoms with E-state index in [0.717, 1.165) is 18.1 Å². The fourth-order valence-electron chi connectivity index (χ4n) is 1.44. The molecule has 0 aliphatic rings. The van der Waals surface area contributed by atoms with E-state index in [0.29, 0.717) is 19.1 Å². The molecule has 0 saturated carbocycles. The maximum Gasteiger partial charge on any atom is 0.188 e.